The van der Waals surface area contributed by atoms with Gasteiger partial charge in [-0.1, -0.05) is 53.5 Å². The maximum absolute atomic E-state index is 12.6. The Kier molecular flexibility index (Phi) is 5.41. The van der Waals surface area contributed by atoms with E-state index in [1.54, 1.807) is 6.07 Å². The Morgan fingerprint density at radius 2 is 1.73 bits per heavy atom. The zero-order valence-corrected chi connectivity index (χ0v) is 13.0. The first-order valence-corrected chi connectivity index (χ1v) is 7.23. The second-order valence-corrected chi connectivity index (χ2v) is 5.51. The average molecular weight is 338 g/mol. The molecule has 1 amide bonds. The van der Waals surface area contributed by atoms with Crippen LogP contribution in [0.4, 0.5) is 0 Å². The van der Waals surface area contributed by atoms with Crippen LogP contribution >= 0.6 is 23.2 Å². The smallest absolute Gasteiger partial charge is 0.323 e. The molecular weight excluding hydrogens is 325 g/mol. The lowest BCUT2D eigenvalue weighted by Crippen LogP contribution is -2.35. The maximum Gasteiger partial charge on any atom is 0.323 e. The molecule has 2 aromatic rings. The molecule has 0 aliphatic rings. The third-order valence-electron chi connectivity index (χ3n) is 2.99. The van der Waals surface area contributed by atoms with Gasteiger partial charge in [-0.15, -0.1) is 0 Å². The van der Waals surface area contributed by atoms with Crippen molar-refractivity contribution in [3.05, 3.63) is 69.7 Å². The standard InChI is InChI=1S/C16H13Cl2NO3/c17-12-6-7-13(14(18)8-12)16(22)19(10-15(20)21)9-11-4-2-1-3-5-11/h1-8H,9-10H2,(H,20,21). The fraction of sp³-hybridized carbons (Fsp3) is 0.125. The fourth-order valence-corrected chi connectivity index (χ4v) is 2.49. The van der Waals surface area contributed by atoms with Gasteiger partial charge in [0.1, 0.15) is 6.54 Å². The summed E-state index contributed by atoms with van der Waals surface area (Å²) < 4.78 is 0. The first kappa shape index (κ1) is 16.3. The van der Waals surface area contributed by atoms with Crippen LogP contribution in [0, 0.1) is 0 Å². The number of carboxylic acids is 1. The molecule has 114 valence electrons. The number of carbonyl (C=O) groups excluding carboxylic acids is 1. The van der Waals surface area contributed by atoms with Gasteiger partial charge < -0.3 is 10.0 Å². The summed E-state index contributed by atoms with van der Waals surface area (Å²) in [5.41, 5.74) is 1.06. The molecule has 0 spiro atoms. The quantitative estimate of drug-likeness (QED) is 0.904. The van der Waals surface area contributed by atoms with Gasteiger partial charge >= 0.3 is 5.97 Å². The van der Waals surface area contributed by atoms with E-state index in [1.165, 1.54) is 17.0 Å². The predicted octanol–water partition coefficient (Wildman–Crippen LogP) is 3.72. The summed E-state index contributed by atoms with van der Waals surface area (Å²) in [6, 6.07) is 13.6. The SMILES string of the molecule is O=C(O)CN(Cc1ccccc1)C(=O)c1ccc(Cl)cc1Cl. The van der Waals surface area contributed by atoms with Crippen LogP contribution in [0.15, 0.2) is 48.5 Å². The Morgan fingerprint density at radius 3 is 2.32 bits per heavy atom. The number of hydrogen-bond acceptors (Lipinski definition) is 2. The van der Waals surface area contributed by atoms with E-state index >= 15 is 0 Å². The van der Waals surface area contributed by atoms with Gasteiger partial charge in [-0.2, -0.15) is 0 Å². The number of carbonyl (C=O) groups is 2. The topological polar surface area (TPSA) is 57.6 Å². The Morgan fingerprint density at radius 1 is 1.05 bits per heavy atom. The van der Waals surface area contributed by atoms with Gasteiger partial charge in [0.15, 0.2) is 0 Å². The first-order valence-electron chi connectivity index (χ1n) is 6.47. The molecule has 0 heterocycles. The van der Waals surface area contributed by atoms with E-state index in [0.29, 0.717) is 5.02 Å². The summed E-state index contributed by atoms with van der Waals surface area (Å²) in [4.78, 5) is 24.8. The number of carboxylic acid groups (broad SMARTS) is 1. The molecule has 6 heteroatoms. The van der Waals surface area contributed by atoms with Gasteiger partial charge in [-0.05, 0) is 23.8 Å². The van der Waals surface area contributed by atoms with Crippen LogP contribution in [-0.4, -0.2) is 28.4 Å². The Bertz CT molecular complexity index is 689. The minimum atomic E-state index is -1.09. The monoisotopic (exact) mass is 337 g/mol. The molecule has 0 aliphatic carbocycles. The van der Waals surface area contributed by atoms with Crippen LogP contribution in [0.5, 0.6) is 0 Å². The molecule has 0 bridgehead atoms. The number of hydrogen-bond donors (Lipinski definition) is 1. The van der Waals surface area contributed by atoms with Crippen LogP contribution < -0.4 is 0 Å². The lowest BCUT2D eigenvalue weighted by molar-refractivity contribution is -0.137. The van der Waals surface area contributed by atoms with Crippen LogP contribution in [0.25, 0.3) is 0 Å². The highest BCUT2D eigenvalue weighted by Crippen LogP contribution is 2.23. The highest BCUT2D eigenvalue weighted by molar-refractivity contribution is 6.36. The van der Waals surface area contributed by atoms with E-state index in [0.717, 1.165) is 5.56 Å². The Hall–Kier alpha value is -2.04. The van der Waals surface area contributed by atoms with Crippen molar-refractivity contribution in [1.29, 1.82) is 0 Å². The summed E-state index contributed by atoms with van der Waals surface area (Å²) in [6.07, 6.45) is 0. The molecule has 0 saturated heterocycles. The van der Waals surface area contributed by atoms with Gasteiger partial charge in [0, 0.05) is 11.6 Å². The Labute approximate surface area is 137 Å². The molecule has 0 unspecified atom stereocenters. The lowest BCUT2D eigenvalue weighted by Gasteiger charge is -2.21. The summed E-state index contributed by atoms with van der Waals surface area (Å²) in [5.74, 6) is -1.54. The second kappa shape index (κ2) is 7.29. The predicted molar refractivity (Wildman–Crippen MR) is 85.3 cm³/mol. The molecule has 0 radical (unpaired) electrons. The molecule has 0 atom stereocenters. The zero-order chi connectivity index (χ0) is 16.1. The molecule has 1 N–H and O–H groups in total. The summed E-state index contributed by atoms with van der Waals surface area (Å²) in [5, 5.41) is 9.63. The molecular formula is C16H13Cl2NO3. The number of benzene rings is 2. The molecule has 0 saturated carbocycles. The van der Waals surface area contributed by atoms with Crippen molar-refractivity contribution >= 4 is 35.1 Å². The van der Waals surface area contributed by atoms with Crippen LogP contribution in [0.3, 0.4) is 0 Å². The first-order chi connectivity index (χ1) is 10.5. The zero-order valence-electron chi connectivity index (χ0n) is 11.5. The third-order valence-corrected chi connectivity index (χ3v) is 3.54. The molecule has 2 rings (SSSR count). The number of aliphatic carboxylic acids is 1. The van der Waals surface area contributed by atoms with Gasteiger partial charge in [-0.25, -0.2) is 0 Å². The van der Waals surface area contributed by atoms with E-state index in [4.69, 9.17) is 28.3 Å². The second-order valence-electron chi connectivity index (χ2n) is 4.66. The number of nitrogens with zero attached hydrogens (tertiary/aromatic N) is 1. The molecule has 0 aromatic heterocycles. The van der Waals surface area contributed by atoms with Crippen LogP contribution in [0.1, 0.15) is 15.9 Å². The van der Waals surface area contributed by atoms with Crippen molar-refractivity contribution in [2.75, 3.05) is 6.54 Å². The minimum absolute atomic E-state index is 0.185. The molecule has 22 heavy (non-hydrogen) atoms. The van der Waals surface area contributed by atoms with Gasteiger partial charge in [0.05, 0.1) is 10.6 Å². The number of rotatable bonds is 5. The van der Waals surface area contributed by atoms with Crippen molar-refractivity contribution in [3.63, 3.8) is 0 Å². The van der Waals surface area contributed by atoms with Crippen molar-refractivity contribution in [2.45, 2.75) is 6.54 Å². The third kappa shape index (κ3) is 4.23. The number of amides is 1. The molecule has 0 aliphatic heterocycles. The summed E-state index contributed by atoms with van der Waals surface area (Å²) in [7, 11) is 0. The van der Waals surface area contributed by atoms with E-state index in [9.17, 15) is 9.59 Å². The fourth-order valence-electron chi connectivity index (χ4n) is 2.00. The molecule has 0 fully saturated rings. The van der Waals surface area contributed by atoms with Crippen molar-refractivity contribution in [3.8, 4) is 0 Å². The van der Waals surface area contributed by atoms with Crippen molar-refractivity contribution < 1.29 is 14.7 Å². The van der Waals surface area contributed by atoms with Crippen LogP contribution in [-0.2, 0) is 11.3 Å². The lowest BCUT2D eigenvalue weighted by atomic mass is 10.1. The summed E-state index contributed by atoms with van der Waals surface area (Å²) in [6.45, 7) is -0.225. The van der Waals surface area contributed by atoms with Crippen LogP contribution in [0.2, 0.25) is 10.0 Å². The van der Waals surface area contributed by atoms with Gasteiger partial charge in [-0.3, -0.25) is 9.59 Å². The minimum Gasteiger partial charge on any atom is -0.480 e. The van der Waals surface area contributed by atoms with E-state index < -0.39 is 18.4 Å². The van der Waals surface area contributed by atoms with E-state index in [-0.39, 0.29) is 17.1 Å². The van der Waals surface area contributed by atoms with Gasteiger partial charge in [0.2, 0.25) is 0 Å². The van der Waals surface area contributed by atoms with E-state index in [2.05, 4.69) is 0 Å². The maximum atomic E-state index is 12.6. The average Bonchev–Trinajstić information content (AvgIpc) is 2.46. The van der Waals surface area contributed by atoms with Crippen molar-refractivity contribution in [2.24, 2.45) is 0 Å². The Balaban J connectivity index is 2.28. The number of halogens is 2. The largest absolute Gasteiger partial charge is 0.480 e. The summed E-state index contributed by atoms with van der Waals surface area (Å²) >= 11 is 11.8. The highest BCUT2D eigenvalue weighted by atomic mass is 35.5. The molecule has 2 aromatic carbocycles. The van der Waals surface area contributed by atoms with Crippen molar-refractivity contribution in [1.82, 2.24) is 4.90 Å². The van der Waals surface area contributed by atoms with E-state index in [1.807, 2.05) is 30.3 Å². The highest BCUT2D eigenvalue weighted by Gasteiger charge is 2.21. The normalized spacial score (nSPS) is 10.3. The van der Waals surface area contributed by atoms with Gasteiger partial charge in [0.25, 0.3) is 5.91 Å². The molecule has 4 nitrogen and oxygen atoms in total.